The van der Waals surface area contributed by atoms with E-state index in [9.17, 15) is 9.59 Å². The Morgan fingerprint density at radius 2 is 1.91 bits per heavy atom. The quantitative estimate of drug-likeness (QED) is 0.462. The van der Waals surface area contributed by atoms with E-state index in [1.165, 1.54) is 0 Å². The van der Waals surface area contributed by atoms with E-state index in [0.717, 1.165) is 23.2 Å². The lowest BCUT2D eigenvalue weighted by molar-refractivity contribution is 0.0708. The second-order valence-electron chi connectivity index (χ2n) is 7.80. The molecule has 0 aliphatic carbocycles. The number of pyridine rings is 1. The molecule has 1 aliphatic heterocycles. The van der Waals surface area contributed by atoms with Crippen LogP contribution in [0.3, 0.4) is 0 Å². The second kappa shape index (κ2) is 10.7. The summed E-state index contributed by atoms with van der Waals surface area (Å²) in [5.41, 5.74) is 3.95. The molecule has 0 saturated heterocycles. The fourth-order valence-corrected chi connectivity index (χ4v) is 3.93. The molecule has 0 fully saturated rings. The van der Waals surface area contributed by atoms with Gasteiger partial charge in [0.1, 0.15) is 6.17 Å². The number of carbonyl (C=O) groups excluding carboxylic acids is 2. The van der Waals surface area contributed by atoms with E-state index in [4.69, 9.17) is 4.74 Å². The molecule has 4 rings (SSSR count). The van der Waals surface area contributed by atoms with Crippen LogP contribution >= 0.6 is 0 Å². The van der Waals surface area contributed by atoms with Crippen LogP contribution in [0.1, 0.15) is 51.4 Å². The Hall–Kier alpha value is -3.71. The first-order valence-corrected chi connectivity index (χ1v) is 11.2. The summed E-state index contributed by atoms with van der Waals surface area (Å²) in [6.07, 6.45) is 3.86. The van der Waals surface area contributed by atoms with E-state index in [-0.39, 0.29) is 18.0 Å². The van der Waals surface area contributed by atoms with Crippen molar-refractivity contribution in [3.63, 3.8) is 0 Å². The topological polar surface area (TPSA) is 83.6 Å². The molecule has 33 heavy (non-hydrogen) atoms. The van der Waals surface area contributed by atoms with E-state index < -0.39 is 0 Å². The van der Waals surface area contributed by atoms with Gasteiger partial charge in [-0.05, 0) is 55.3 Å². The number of nitrogens with zero attached hydrogens (tertiary/aromatic N) is 2. The first kappa shape index (κ1) is 22.5. The third-order valence-electron chi connectivity index (χ3n) is 5.58. The number of nitrogens with one attached hydrogen (secondary N) is 2. The Balaban J connectivity index is 1.48. The summed E-state index contributed by atoms with van der Waals surface area (Å²) >= 11 is 0. The standard InChI is InChI=1S/C26H28N4O3/c1-2-33-16-6-15-30-24(22-9-3-4-10-23(22)26(30)32)29-21-8-5-7-20(17-21)25(31)28-18-19-11-13-27-14-12-19/h3-5,7-14,17,24,29H,2,6,15-16,18H2,1H3,(H,28,31). The predicted octanol–water partition coefficient (Wildman–Crippen LogP) is 4.00. The summed E-state index contributed by atoms with van der Waals surface area (Å²) < 4.78 is 5.45. The van der Waals surface area contributed by atoms with Gasteiger partial charge in [0.2, 0.25) is 0 Å². The Kier molecular flexibility index (Phi) is 7.32. The summed E-state index contributed by atoms with van der Waals surface area (Å²) in [5.74, 6) is -0.155. The Morgan fingerprint density at radius 3 is 2.73 bits per heavy atom. The molecule has 2 aromatic carbocycles. The van der Waals surface area contributed by atoms with Crippen LogP contribution in [0.4, 0.5) is 5.69 Å². The van der Waals surface area contributed by atoms with Gasteiger partial charge in [-0.1, -0.05) is 24.3 Å². The van der Waals surface area contributed by atoms with Gasteiger partial charge in [0.05, 0.1) is 0 Å². The van der Waals surface area contributed by atoms with Crippen molar-refractivity contribution < 1.29 is 14.3 Å². The second-order valence-corrected chi connectivity index (χ2v) is 7.80. The minimum atomic E-state index is -0.301. The lowest BCUT2D eigenvalue weighted by atomic mass is 10.1. The van der Waals surface area contributed by atoms with Gasteiger partial charge >= 0.3 is 0 Å². The molecule has 1 atom stereocenters. The van der Waals surface area contributed by atoms with Gasteiger partial charge in [0.25, 0.3) is 11.8 Å². The third kappa shape index (κ3) is 5.38. The highest BCUT2D eigenvalue weighted by Crippen LogP contribution is 2.34. The molecule has 0 saturated carbocycles. The van der Waals surface area contributed by atoms with Crippen LogP contribution in [0.2, 0.25) is 0 Å². The van der Waals surface area contributed by atoms with Crippen LogP contribution in [-0.2, 0) is 11.3 Å². The maximum absolute atomic E-state index is 13.0. The molecule has 170 valence electrons. The van der Waals surface area contributed by atoms with E-state index in [1.54, 1.807) is 18.5 Å². The summed E-state index contributed by atoms with van der Waals surface area (Å²) in [7, 11) is 0. The van der Waals surface area contributed by atoms with E-state index in [0.29, 0.717) is 37.4 Å². The van der Waals surface area contributed by atoms with Crippen LogP contribution in [0.15, 0.2) is 73.1 Å². The number of fused-ring (bicyclic) bond motifs is 1. The third-order valence-corrected chi connectivity index (χ3v) is 5.58. The van der Waals surface area contributed by atoms with Crippen molar-refractivity contribution in [1.82, 2.24) is 15.2 Å². The fourth-order valence-electron chi connectivity index (χ4n) is 3.93. The Bertz CT molecular complexity index is 1100. The molecule has 7 heteroatoms. The van der Waals surface area contributed by atoms with Gasteiger partial charge in [-0.2, -0.15) is 0 Å². The number of benzene rings is 2. The molecule has 2 heterocycles. The van der Waals surface area contributed by atoms with E-state index in [2.05, 4.69) is 15.6 Å². The molecule has 3 aromatic rings. The molecule has 0 bridgehead atoms. The Labute approximate surface area is 193 Å². The molecule has 0 spiro atoms. The lowest BCUT2D eigenvalue weighted by Crippen LogP contribution is -2.33. The Morgan fingerprint density at radius 1 is 1.09 bits per heavy atom. The number of aromatic nitrogens is 1. The monoisotopic (exact) mass is 444 g/mol. The van der Waals surface area contributed by atoms with Gasteiger partial charge in [0, 0.05) is 61.1 Å². The van der Waals surface area contributed by atoms with Crippen molar-refractivity contribution in [3.05, 3.63) is 95.3 Å². The van der Waals surface area contributed by atoms with Gasteiger partial charge in [0.15, 0.2) is 0 Å². The van der Waals surface area contributed by atoms with Crippen molar-refractivity contribution in [1.29, 1.82) is 0 Å². The number of ether oxygens (including phenoxy) is 1. The largest absolute Gasteiger partial charge is 0.382 e. The molecule has 2 amide bonds. The zero-order chi connectivity index (χ0) is 23.0. The van der Waals surface area contributed by atoms with Gasteiger partial charge in [-0.3, -0.25) is 14.6 Å². The summed E-state index contributed by atoms with van der Waals surface area (Å²) in [5, 5.41) is 6.40. The summed E-state index contributed by atoms with van der Waals surface area (Å²) in [6.45, 7) is 4.23. The number of hydrogen-bond acceptors (Lipinski definition) is 5. The average Bonchev–Trinajstić information content (AvgIpc) is 3.12. The molecule has 1 unspecified atom stereocenters. The normalized spacial score (nSPS) is 14.8. The van der Waals surface area contributed by atoms with E-state index >= 15 is 0 Å². The first-order chi connectivity index (χ1) is 16.2. The highest BCUT2D eigenvalue weighted by atomic mass is 16.5. The predicted molar refractivity (Wildman–Crippen MR) is 127 cm³/mol. The van der Waals surface area contributed by atoms with Crippen molar-refractivity contribution in [2.75, 3.05) is 25.1 Å². The first-order valence-electron chi connectivity index (χ1n) is 11.2. The van der Waals surface area contributed by atoms with Crippen molar-refractivity contribution >= 4 is 17.5 Å². The molecule has 2 N–H and O–H groups in total. The van der Waals surface area contributed by atoms with Gasteiger partial charge in [-0.15, -0.1) is 0 Å². The molecular formula is C26H28N4O3. The van der Waals surface area contributed by atoms with Gasteiger partial charge < -0.3 is 20.3 Å². The van der Waals surface area contributed by atoms with Crippen molar-refractivity contribution in [2.45, 2.75) is 26.1 Å². The number of hydrogen-bond donors (Lipinski definition) is 2. The molecule has 7 nitrogen and oxygen atoms in total. The minimum Gasteiger partial charge on any atom is -0.382 e. The van der Waals surface area contributed by atoms with Crippen molar-refractivity contribution in [2.24, 2.45) is 0 Å². The average molecular weight is 445 g/mol. The maximum atomic E-state index is 13.0. The van der Waals surface area contributed by atoms with Crippen molar-refractivity contribution in [3.8, 4) is 0 Å². The molecule has 0 radical (unpaired) electrons. The molecule has 1 aliphatic rings. The summed E-state index contributed by atoms with van der Waals surface area (Å²) in [4.78, 5) is 31.5. The highest BCUT2D eigenvalue weighted by Gasteiger charge is 2.36. The van der Waals surface area contributed by atoms with Crippen LogP contribution in [0.5, 0.6) is 0 Å². The number of amides is 2. The van der Waals surface area contributed by atoms with Gasteiger partial charge in [-0.25, -0.2) is 0 Å². The smallest absolute Gasteiger partial charge is 0.256 e. The van der Waals surface area contributed by atoms with Crippen LogP contribution in [-0.4, -0.2) is 41.5 Å². The van der Waals surface area contributed by atoms with Crippen LogP contribution in [0.25, 0.3) is 0 Å². The molecule has 1 aromatic heterocycles. The zero-order valence-corrected chi connectivity index (χ0v) is 18.7. The van der Waals surface area contributed by atoms with E-state index in [1.807, 2.05) is 66.4 Å². The van der Waals surface area contributed by atoms with Crippen LogP contribution < -0.4 is 10.6 Å². The number of rotatable bonds is 10. The highest BCUT2D eigenvalue weighted by molar-refractivity contribution is 5.99. The lowest BCUT2D eigenvalue weighted by Gasteiger charge is -2.27. The maximum Gasteiger partial charge on any atom is 0.256 e. The van der Waals surface area contributed by atoms with Crippen LogP contribution in [0, 0.1) is 0 Å². The minimum absolute atomic E-state index is 0.00541. The fraction of sp³-hybridized carbons (Fsp3) is 0.269. The summed E-state index contributed by atoms with van der Waals surface area (Å²) in [6, 6.07) is 18.7. The number of anilines is 1. The SMILES string of the molecule is CCOCCCN1C(=O)c2ccccc2C1Nc1cccc(C(=O)NCc2ccncc2)c1. The number of carbonyl (C=O) groups is 2. The molecular weight excluding hydrogens is 416 g/mol. The zero-order valence-electron chi connectivity index (χ0n) is 18.7.